The minimum Gasteiger partial charge on any atom is -0.269 e. The van der Waals surface area contributed by atoms with Crippen molar-refractivity contribution in [2.45, 2.75) is 30.1 Å². The lowest BCUT2D eigenvalue weighted by molar-refractivity contribution is -0.291. The number of nitrogens with zero attached hydrogens (tertiary/aromatic N) is 2. The zero-order chi connectivity index (χ0) is 21.5. The van der Waals surface area contributed by atoms with Gasteiger partial charge in [-0.25, -0.2) is 9.37 Å². The van der Waals surface area contributed by atoms with E-state index in [1.165, 1.54) is 6.92 Å². The fourth-order valence-corrected chi connectivity index (χ4v) is 2.84. The first-order valence-electron chi connectivity index (χ1n) is 7.17. The van der Waals surface area contributed by atoms with Gasteiger partial charge < -0.3 is 0 Å². The van der Waals surface area contributed by atoms with Crippen LogP contribution in [-0.4, -0.2) is 27.7 Å². The fraction of sp³-hybridized carbons (Fsp3) is 0.333. The number of rotatable bonds is 4. The first-order chi connectivity index (χ1) is 12.6. The van der Waals surface area contributed by atoms with Gasteiger partial charge in [0.15, 0.2) is 0 Å². The van der Waals surface area contributed by atoms with Gasteiger partial charge in [0.25, 0.3) is 5.56 Å². The quantitative estimate of drug-likeness (QED) is 0.501. The zero-order valence-corrected chi connectivity index (χ0v) is 14.4. The van der Waals surface area contributed by atoms with E-state index in [-0.39, 0.29) is 22.9 Å². The number of hydrogen-bond acceptors (Lipinski definition) is 3. The van der Waals surface area contributed by atoms with Crippen molar-refractivity contribution < 1.29 is 39.5 Å². The van der Waals surface area contributed by atoms with Crippen molar-refractivity contribution in [1.29, 1.82) is 0 Å². The molecule has 0 bridgehead atoms. The van der Waals surface area contributed by atoms with Crippen LogP contribution in [0, 0.1) is 12.7 Å². The zero-order valence-electron chi connectivity index (χ0n) is 13.6. The molecule has 28 heavy (non-hydrogen) atoms. The van der Waals surface area contributed by atoms with Crippen LogP contribution in [0.5, 0.6) is 0 Å². The SMILES string of the molecule is Cc1cc(F)c(-n2cnc(C(F)(F)C(F)(F)F)cc2=O)cc1SCC(F)(F)F. The topological polar surface area (TPSA) is 34.9 Å². The van der Waals surface area contributed by atoms with E-state index in [9.17, 15) is 44.3 Å². The van der Waals surface area contributed by atoms with E-state index in [4.69, 9.17) is 0 Å². The third-order valence-corrected chi connectivity index (χ3v) is 4.61. The summed E-state index contributed by atoms with van der Waals surface area (Å²) in [6, 6.07) is 1.54. The summed E-state index contributed by atoms with van der Waals surface area (Å²) in [6.45, 7) is 1.31. The smallest absolute Gasteiger partial charge is 0.269 e. The second kappa shape index (κ2) is 7.33. The summed E-state index contributed by atoms with van der Waals surface area (Å²) in [5.74, 6) is -7.83. The van der Waals surface area contributed by atoms with Gasteiger partial charge >= 0.3 is 18.3 Å². The summed E-state index contributed by atoms with van der Waals surface area (Å²) < 4.78 is 115. The van der Waals surface area contributed by atoms with Gasteiger partial charge in [-0.15, -0.1) is 11.8 Å². The summed E-state index contributed by atoms with van der Waals surface area (Å²) in [4.78, 5) is 14.8. The number of halogens is 9. The number of hydrogen-bond donors (Lipinski definition) is 0. The summed E-state index contributed by atoms with van der Waals surface area (Å²) in [5.41, 5.74) is -3.89. The van der Waals surface area contributed by atoms with Gasteiger partial charge in [-0.2, -0.15) is 35.1 Å². The molecule has 0 saturated heterocycles. The van der Waals surface area contributed by atoms with Crippen molar-refractivity contribution >= 4 is 11.8 Å². The lowest BCUT2D eigenvalue weighted by Gasteiger charge is -2.19. The lowest BCUT2D eigenvalue weighted by Crippen LogP contribution is -2.36. The van der Waals surface area contributed by atoms with Crippen LogP contribution in [0.15, 0.2) is 34.2 Å². The molecule has 2 aromatic rings. The summed E-state index contributed by atoms with van der Waals surface area (Å²) >= 11 is 0.292. The number of benzene rings is 1. The van der Waals surface area contributed by atoms with Gasteiger partial charge in [-0.05, 0) is 24.6 Å². The average Bonchev–Trinajstić information content (AvgIpc) is 2.52. The number of aromatic nitrogens is 2. The number of aryl methyl sites for hydroxylation is 1. The molecule has 0 atom stereocenters. The van der Waals surface area contributed by atoms with Gasteiger partial charge in [-0.1, -0.05) is 0 Å². The maximum Gasteiger partial charge on any atom is 0.459 e. The van der Waals surface area contributed by atoms with Crippen LogP contribution in [0.3, 0.4) is 0 Å². The molecule has 1 aromatic carbocycles. The molecule has 0 saturated carbocycles. The summed E-state index contributed by atoms with van der Waals surface area (Å²) in [7, 11) is 0. The Balaban J connectivity index is 2.50. The highest BCUT2D eigenvalue weighted by Crippen LogP contribution is 2.42. The van der Waals surface area contributed by atoms with Crippen molar-refractivity contribution in [3.05, 3.63) is 52.0 Å². The molecule has 0 amide bonds. The molecular weight excluding hydrogens is 427 g/mol. The van der Waals surface area contributed by atoms with E-state index in [2.05, 4.69) is 4.98 Å². The van der Waals surface area contributed by atoms with Crippen LogP contribution in [0.2, 0.25) is 0 Å². The molecule has 0 aliphatic carbocycles. The van der Waals surface area contributed by atoms with Crippen LogP contribution in [0.4, 0.5) is 39.5 Å². The molecule has 1 heterocycles. The van der Waals surface area contributed by atoms with Crippen molar-refractivity contribution in [2.75, 3.05) is 5.75 Å². The van der Waals surface area contributed by atoms with E-state index in [1.54, 1.807) is 0 Å². The monoisotopic (exact) mass is 436 g/mol. The average molecular weight is 436 g/mol. The molecule has 2 rings (SSSR count). The highest BCUT2D eigenvalue weighted by atomic mass is 32.2. The Bertz CT molecular complexity index is 935. The van der Waals surface area contributed by atoms with Crippen molar-refractivity contribution in [3.63, 3.8) is 0 Å². The molecule has 13 heteroatoms. The molecule has 3 nitrogen and oxygen atoms in total. The van der Waals surface area contributed by atoms with E-state index < -0.39 is 46.8 Å². The molecule has 154 valence electrons. The van der Waals surface area contributed by atoms with Crippen molar-refractivity contribution in [3.8, 4) is 5.69 Å². The van der Waals surface area contributed by atoms with Crippen LogP contribution in [0.25, 0.3) is 5.69 Å². The largest absolute Gasteiger partial charge is 0.459 e. The first kappa shape index (κ1) is 22.1. The third-order valence-electron chi connectivity index (χ3n) is 3.38. The predicted molar refractivity (Wildman–Crippen MR) is 81.3 cm³/mol. The second-order valence-corrected chi connectivity index (χ2v) is 6.54. The maximum atomic E-state index is 14.1. The van der Waals surface area contributed by atoms with Gasteiger partial charge in [0.05, 0.1) is 11.4 Å². The van der Waals surface area contributed by atoms with Gasteiger partial charge in [0.1, 0.15) is 17.8 Å². The molecule has 0 unspecified atom stereocenters. The van der Waals surface area contributed by atoms with E-state index in [0.29, 0.717) is 16.3 Å². The molecule has 1 aromatic heterocycles. The Labute approximate surface area is 155 Å². The van der Waals surface area contributed by atoms with Crippen molar-refractivity contribution in [1.82, 2.24) is 9.55 Å². The van der Waals surface area contributed by atoms with Gasteiger partial charge in [0.2, 0.25) is 0 Å². The van der Waals surface area contributed by atoms with E-state index >= 15 is 0 Å². The minimum absolute atomic E-state index is 0.0645. The fourth-order valence-electron chi connectivity index (χ4n) is 2.04. The molecule has 0 N–H and O–H groups in total. The van der Waals surface area contributed by atoms with Crippen molar-refractivity contribution in [2.24, 2.45) is 0 Å². The molecule has 0 radical (unpaired) electrons. The Morgan fingerprint density at radius 2 is 1.64 bits per heavy atom. The highest BCUT2D eigenvalue weighted by Gasteiger charge is 2.60. The lowest BCUT2D eigenvalue weighted by atomic mass is 10.2. The highest BCUT2D eigenvalue weighted by molar-refractivity contribution is 7.99. The van der Waals surface area contributed by atoms with Crippen LogP contribution in [-0.2, 0) is 5.92 Å². The first-order valence-corrected chi connectivity index (χ1v) is 8.16. The Kier molecular flexibility index (Phi) is 5.79. The molecular formula is C15H9F9N2OS. The van der Waals surface area contributed by atoms with Gasteiger partial charge in [-0.3, -0.25) is 9.36 Å². The standard InChI is InChI=1S/C15H9F9N2OS/c1-7-2-8(16)9(3-10(7)28-5-13(17,18)19)26-6-25-11(4-12(26)27)14(20,21)15(22,23)24/h2-4,6H,5H2,1H3. The predicted octanol–water partition coefficient (Wildman–Crippen LogP) is 4.99. The Hall–Kier alpha value is -2.18. The second-order valence-electron chi connectivity index (χ2n) is 5.53. The van der Waals surface area contributed by atoms with Crippen LogP contribution >= 0.6 is 11.8 Å². The van der Waals surface area contributed by atoms with E-state index in [1.807, 2.05) is 0 Å². The van der Waals surface area contributed by atoms with Crippen LogP contribution < -0.4 is 5.56 Å². The van der Waals surface area contributed by atoms with E-state index in [0.717, 1.165) is 12.1 Å². The molecule has 0 aliphatic heterocycles. The van der Waals surface area contributed by atoms with Gasteiger partial charge in [0, 0.05) is 11.0 Å². The molecule has 0 fully saturated rings. The minimum atomic E-state index is -6.00. The normalized spacial score (nSPS) is 13.1. The summed E-state index contributed by atoms with van der Waals surface area (Å²) in [5, 5.41) is 0. The van der Waals surface area contributed by atoms with Crippen LogP contribution in [0.1, 0.15) is 11.3 Å². The molecule has 0 aliphatic rings. The maximum absolute atomic E-state index is 14.1. The Morgan fingerprint density at radius 1 is 1.04 bits per heavy atom. The Morgan fingerprint density at radius 3 is 2.14 bits per heavy atom. The molecule has 0 spiro atoms. The number of alkyl halides is 8. The third kappa shape index (κ3) is 4.62. The number of thioether (sulfide) groups is 1. The summed E-state index contributed by atoms with van der Waals surface area (Å²) in [6.07, 6.45) is -10.3.